The lowest BCUT2D eigenvalue weighted by Crippen LogP contribution is -1.83. The van der Waals surface area contributed by atoms with Crippen LogP contribution in [0.4, 0.5) is 0 Å². The number of hydrogen-bond acceptors (Lipinski definition) is 1. The Morgan fingerprint density at radius 3 is 2.42 bits per heavy atom. The molecule has 0 N–H and O–H groups in total. The quantitative estimate of drug-likeness (QED) is 0.609. The zero-order valence-corrected chi connectivity index (χ0v) is 12.0. The van der Waals surface area contributed by atoms with Crippen molar-refractivity contribution in [1.29, 1.82) is 0 Å². The molecule has 0 saturated heterocycles. The molecule has 0 aliphatic carbocycles. The van der Waals surface area contributed by atoms with Crippen molar-refractivity contribution in [2.24, 2.45) is 0 Å². The van der Waals surface area contributed by atoms with Crippen molar-refractivity contribution in [1.82, 2.24) is 0 Å². The number of benzene rings is 2. The summed E-state index contributed by atoms with van der Waals surface area (Å²) in [4.78, 5) is 0. The van der Waals surface area contributed by atoms with Crippen LogP contribution in [0.15, 0.2) is 63.5 Å². The summed E-state index contributed by atoms with van der Waals surface area (Å²) in [7, 11) is 1.65. The lowest BCUT2D eigenvalue weighted by atomic mass is 10.1. The fraction of sp³-hybridized carbons (Fsp3) is 0.0625. The first-order valence-electron chi connectivity index (χ1n) is 5.93. The lowest BCUT2D eigenvalue weighted by Gasteiger charge is -1.97. The highest BCUT2D eigenvalue weighted by Gasteiger charge is 2.14. The summed E-state index contributed by atoms with van der Waals surface area (Å²) < 4.78 is 12.2. The molecule has 94 valence electrons. The second-order valence-electron chi connectivity index (χ2n) is 4.21. The molecule has 0 radical (unpaired) electrons. The van der Waals surface area contributed by atoms with Gasteiger partial charge in [0.2, 0.25) is 0 Å². The van der Waals surface area contributed by atoms with Crippen molar-refractivity contribution < 1.29 is 9.15 Å². The van der Waals surface area contributed by atoms with E-state index in [4.69, 9.17) is 9.15 Å². The molecule has 0 atom stereocenters. The Bertz CT molecular complexity index is 720. The third-order valence-corrected chi connectivity index (χ3v) is 3.51. The highest BCUT2D eigenvalue weighted by Crippen LogP contribution is 2.27. The molecule has 19 heavy (non-hydrogen) atoms. The molecule has 0 fully saturated rings. The Labute approximate surface area is 119 Å². The summed E-state index contributed by atoms with van der Waals surface area (Å²) in [5.41, 5.74) is 1.87. The maximum atomic E-state index is 5.93. The Hall–Kier alpha value is -1.87. The predicted molar refractivity (Wildman–Crippen MR) is 80.3 cm³/mol. The van der Waals surface area contributed by atoms with E-state index < -0.39 is 0 Å². The summed E-state index contributed by atoms with van der Waals surface area (Å²) in [5, 5.41) is 1.06. The van der Waals surface area contributed by atoms with Gasteiger partial charge in [0.15, 0.2) is 0 Å². The fourth-order valence-corrected chi connectivity index (χ4v) is 2.22. The molecule has 3 rings (SSSR count). The van der Waals surface area contributed by atoms with Crippen molar-refractivity contribution in [2.45, 2.75) is 0 Å². The smallest absolute Gasteiger partial charge is 0.364 e. The van der Waals surface area contributed by atoms with Gasteiger partial charge in [-0.05, 0) is 42.5 Å². The van der Waals surface area contributed by atoms with Crippen molar-refractivity contribution >= 4 is 26.9 Å². The number of rotatable bonds is 2. The number of halogens is 1. The van der Waals surface area contributed by atoms with Gasteiger partial charge < -0.3 is 4.74 Å². The van der Waals surface area contributed by atoms with Crippen LogP contribution in [0.25, 0.3) is 22.3 Å². The largest absolute Gasteiger partial charge is 0.496 e. The summed E-state index contributed by atoms with van der Waals surface area (Å²) >= 11 is 3.43. The summed E-state index contributed by atoms with van der Waals surface area (Å²) in [5.74, 6) is 1.64. The van der Waals surface area contributed by atoms with Gasteiger partial charge in [-0.15, -0.1) is 0 Å². The van der Waals surface area contributed by atoms with E-state index in [2.05, 4.69) is 22.0 Å². The summed E-state index contributed by atoms with van der Waals surface area (Å²) in [6, 6.07) is 17.9. The first-order chi connectivity index (χ1) is 9.26. The molecule has 0 saturated carbocycles. The Morgan fingerprint density at radius 2 is 1.68 bits per heavy atom. The van der Waals surface area contributed by atoms with Crippen molar-refractivity contribution in [3.8, 4) is 17.1 Å². The van der Waals surface area contributed by atoms with Crippen LogP contribution in [0.3, 0.4) is 0 Å². The monoisotopic (exact) mass is 315 g/mol. The van der Waals surface area contributed by atoms with Crippen LogP contribution in [0, 0.1) is 0 Å². The molecule has 0 unspecified atom stereocenters. The molecule has 2 aromatic carbocycles. The van der Waals surface area contributed by atoms with Gasteiger partial charge in [-0.3, -0.25) is 0 Å². The first-order valence-corrected chi connectivity index (χ1v) is 6.72. The molecule has 3 heteroatoms. The zero-order chi connectivity index (χ0) is 13.2. The van der Waals surface area contributed by atoms with Crippen LogP contribution in [0.1, 0.15) is 0 Å². The van der Waals surface area contributed by atoms with Crippen LogP contribution < -0.4 is 4.74 Å². The van der Waals surface area contributed by atoms with Crippen LogP contribution in [-0.2, 0) is 0 Å². The molecule has 0 bridgehead atoms. The Morgan fingerprint density at radius 1 is 0.947 bits per heavy atom. The predicted octanol–water partition coefficient (Wildman–Crippen LogP) is 5.15. The number of ether oxygens (including phenoxy) is 1. The van der Waals surface area contributed by atoms with E-state index in [9.17, 15) is 0 Å². The number of fused-ring (bicyclic) bond motifs is 1. The molecule has 1 heterocycles. The average molecular weight is 316 g/mol. The third kappa shape index (κ3) is 2.47. The first kappa shape index (κ1) is 12.2. The van der Waals surface area contributed by atoms with Gasteiger partial charge in [0.1, 0.15) is 5.75 Å². The molecule has 0 spiro atoms. The minimum atomic E-state index is 0.796. The van der Waals surface area contributed by atoms with E-state index in [0.29, 0.717) is 0 Å². The standard InChI is InChI=1S/C16H12BrO2/c1-18-14-8-4-12-5-9-15(19-16(12)10-14)11-2-6-13(17)7-3-11/h2-10H,1H3/q+1. The summed E-state index contributed by atoms with van der Waals surface area (Å²) in [6.07, 6.45) is 0. The Balaban J connectivity index is 2.12. The van der Waals surface area contributed by atoms with Gasteiger partial charge in [0.25, 0.3) is 0 Å². The maximum absolute atomic E-state index is 5.93. The second-order valence-corrected chi connectivity index (χ2v) is 5.13. The molecule has 0 amide bonds. The minimum absolute atomic E-state index is 0.796. The highest BCUT2D eigenvalue weighted by atomic mass is 79.9. The van der Waals surface area contributed by atoms with Crippen molar-refractivity contribution in [3.05, 3.63) is 59.1 Å². The molecule has 0 aliphatic heterocycles. The van der Waals surface area contributed by atoms with Gasteiger partial charge in [-0.1, -0.05) is 15.9 Å². The molecule has 2 nitrogen and oxygen atoms in total. The van der Waals surface area contributed by atoms with E-state index >= 15 is 0 Å². The summed E-state index contributed by atoms with van der Waals surface area (Å²) in [6.45, 7) is 0. The Kier molecular flexibility index (Phi) is 3.22. The van der Waals surface area contributed by atoms with Crippen LogP contribution in [0.2, 0.25) is 0 Å². The van der Waals surface area contributed by atoms with Crippen molar-refractivity contribution in [3.63, 3.8) is 0 Å². The highest BCUT2D eigenvalue weighted by molar-refractivity contribution is 9.10. The molecule has 0 aliphatic rings. The topological polar surface area (TPSA) is 20.5 Å². The van der Waals surface area contributed by atoms with E-state index in [0.717, 1.165) is 32.5 Å². The van der Waals surface area contributed by atoms with Gasteiger partial charge in [0, 0.05) is 10.5 Å². The van der Waals surface area contributed by atoms with E-state index in [1.165, 1.54) is 0 Å². The van der Waals surface area contributed by atoms with E-state index in [1.807, 2.05) is 48.5 Å². The molecular formula is C16H12BrO2+. The molecule has 3 aromatic rings. The van der Waals surface area contributed by atoms with Gasteiger partial charge >= 0.3 is 11.3 Å². The minimum Gasteiger partial charge on any atom is -0.496 e. The number of methoxy groups -OCH3 is 1. The van der Waals surface area contributed by atoms with Crippen LogP contribution in [0.5, 0.6) is 5.75 Å². The second kappa shape index (κ2) is 5.02. The van der Waals surface area contributed by atoms with E-state index in [1.54, 1.807) is 7.11 Å². The molecular weight excluding hydrogens is 304 g/mol. The third-order valence-electron chi connectivity index (χ3n) is 2.98. The SMILES string of the molecule is COc1ccc2ccc(-c3ccc(Br)cc3)[o+]c2c1. The average Bonchev–Trinajstić information content (AvgIpc) is 2.47. The molecule has 1 aromatic heterocycles. The van der Waals surface area contributed by atoms with Crippen molar-refractivity contribution in [2.75, 3.05) is 7.11 Å². The number of hydrogen-bond donors (Lipinski definition) is 0. The van der Waals surface area contributed by atoms with Gasteiger partial charge in [-0.25, -0.2) is 4.42 Å². The maximum Gasteiger partial charge on any atom is 0.364 e. The van der Waals surface area contributed by atoms with Crippen LogP contribution >= 0.6 is 15.9 Å². The van der Waals surface area contributed by atoms with E-state index in [-0.39, 0.29) is 0 Å². The van der Waals surface area contributed by atoms with Gasteiger partial charge in [-0.2, -0.15) is 0 Å². The zero-order valence-electron chi connectivity index (χ0n) is 10.4. The lowest BCUT2D eigenvalue weighted by molar-refractivity contribution is 0.414. The van der Waals surface area contributed by atoms with Gasteiger partial charge in [0.05, 0.1) is 24.1 Å². The fourth-order valence-electron chi connectivity index (χ4n) is 1.95. The normalized spacial score (nSPS) is 10.6. The van der Waals surface area contributed by atoms with Crippen LogP contribution in [-0.4, -0.2) is 7.11 Å².